The highest BCUT2D eigenvalue weighted by molar-refractivity contribution is 7.53. The van der Waals surface area contributed by atoms with Gasteiger partial charge in [-0.05, 0) is 38.5 Å². The Balaban J connectivity index is 3.35. The van der Waals surface area contributed by atoms with Gasteiger partial charge in [0, 0.05) is 27.2 Å². The van der Waals surface area contributed by atoms with E-state index >= 15 is 0 Å². The lowest BCUT2D eigenvalue weighted by Crippen LogP contribution is -2.31. The number of amides is 1. The van der Waals surface area contributed by atoms with Gasteiger partial charge in [-0.1, -0.05) is 51.2 Å². The number of carbonyl (C=O) groups is 2. The van der Waals surface area contributed by atoms with Gasteiger partial charge < -0.3 is 14.4 Å². The van der Waals surface area contributed by atoms with E-state index in [1.54, 1.807) is 6.92 Å². The van der Waals surface area contributed by atoms with Gasteiger partial charge in [0.15, 0.2) is 0 Å². The topological polar surface area (TPSA) is 81.7 Å². The zero-order valence-corrected chi connectivity index (χ0v) is 18.9. The average molecular weight is 418 g/mol. The van der Waals surface area contributed by atoms with Gasteiger partial charge in [-0.25, -0.2) is 0 Å². The van der Waals surface area contributed by atoms with Gasteiger partial charge in [-0.2, -0.15) is 0 Å². The second-order valence-electron chi connectivity index (χ2n) is 6.96. The third-order valence-electron chi connectivity index (χ3n) is 4.68. The second-order valence-corrected chi connectivity index (χ2v) is 9.36. The van der Waals surface area contributed by atoms with Gasteiger partial charge in [-0.3, -0.25) is 14.2 Å². The molecule has 1 N–H and O–H groups in total. The van der Waals surface area contributed by atoms with E-state index in [4.69, 9.17) is 9.05 Å². The lowest BCUT2D eigenvalue weighted by atomic mass is 10.1. The lowest BCUT2D eigenvalue weighted by Gasteiger charge is -2.12. The van der Waals surface area contributed by atoms with Crippen molar-refractivity contribution in [1.29, 1.82) is 0 Å². The first-order chi connectivity index (χ1) is 13.5. The molecule has 0 fully saturated rings. The number of hydrogen-bond acceptors (Lipinski definition) is 5. The molecule has 6 nitrogen and oxygen atoms in total. The summed E-state index contributed by atoms with van der Waals surface area (Å²) < 4.78 is 21.7. The standard InChI is InChI=1S/C21H40NO5P/c1-4-20(23)21(24)22-18-16-14-12-10-8-6-5-7-9-11-13-15-17-19-28(25,26-2)27-3/h8,10H,4-7,9,11-19H2,1-3H3,(H,22,24)/b10-8-. The maximum atomic E-state index is 11.9. The van der Waals surface area contributed by atoms with Crippen molar-refractivity contribution in [2.75, 3.05) is 26.9 Å². The minimum absolute atomic E-state index is 0.264. The van der Waals surface area contributed by atoms with E-state index < -0.39 is 13.5 Å². The molecule has 0 rings (SSSR count). The second kappa shape index (κ2) is 18.1. The minimum Gasteiger partial charge on any atom is -0.350 e. The number of nitrogens with one attached hydrogen (secondary N) is 1. The molecular formula is C21H40NO5P. The molecule has 28 heavy (non-hydrogen) atoms. The SMILES string of the molecule is CCC(=O)C(=O)NCCCC/C=C\CCCCCCCCCP(=O)(OC)OC. The third kappa shape index (κ3) is 15.0. The van der Waals surface area contributed by atoms with E-state index in [1.165, 1.54) is 46.3 Å². The van der Waals surface area contributed by atoms with Gasteiger partial charge in [-0.15, -0.1) is 0 Å². The van der Waals surface area contributed by atoms with Crippen molar-refractivity contribution >= 4 is 19.3 Å². The summed E-state index contributed by atoms with van der Waals surface area (Å²) in [6, 6.07) is 0. The molecule has 0 bridgehead atoms. The Hall–Kier alpha value is -0.970. The zero-order valence-electron chi connectivity index (χ0n) is 18.0. The van der Waals surface area contributed by atoms with Crippen molar-refractivity contribution < 1.29 is 23.2 Å². The summed E-state index contributed by atoms with van der Waals surface area (Å²) in [5.41, 5.74) is 0. The predicted octanol–water partition coefficient (Wildman–Crippen LogP) is 5.41. The first-order valence-electron chi connectivity index (χ1n) is 10.7. The molecule has 0 saturated heterocycles. The van der Waals surface area contributed by atoms with Gasteiger partial charge in [0.05, 0.1) is 6.16 Å². The van der Waals surface area contributed by atoms with Gasteiger partial charge in [0.1, 0.15) is 0 Å². The molecule has 0 aromatic rings. The first kappa shape index (κ1) is 27.0. The van der Waals surface area contributed by atoms with Crippen LogP contribution in [-0.4, -0.2) is 38.6 Å². The van der Waals surface area contributed by atoms with Crippen LogP contribution in [0.25, 0.3) is 0 Å². The van der Waals surface area contributed by atoms with Crippen LogP contribution in [0, 0.1) is 0 Å². The minimum atomic E-state index is -2.82. The Bertz CT molecular complexity index is 485. The van der Waals surface area contributed by atoms with Gasteiger partial charge in [0.2, 0.25) is 5.78 Å². The molecule has 1 amide bonds. The Labute approximate surface area is 171 Å². The summed E-state index contributed by atoms with van der Waals surface area (Å²) in [5.74, 6) is -0.800. The van der Waals surface area contributed by atoms with Crippen LogP contribution in [0.15, 0.2) is 12.2 Å². The van der Waals surface area contributed by atoms with E-state index in [1.807, 2.05) is 0 Å². The maximum Gasteiger partial charge on any atom is 0.330 e. The molecule has 0 radical (unpaired) electrons. The molecule has 0 spiro atoms. The van der Waals surface area contributed by atoms with Crippen molar-refractivity contribution in [3.8, 4) is 0 Å². The average Bonchev–Trinajstić information content (AvgIpc) is 2.72. The molecule has 0 aromatic heterocycles. The van der Waals surface area contributed by atoms with E-state index in [2.05, 4.69) is 17.5 Å². The molecule has 0 unspecified atom stereocenters. The van der Waals surface area contributed by atoms with Crippen LogP contribution in [-0.2, 0) is 23.2 Å². The van der Waals surface area contributed by atoms with Gasteiger partial charge >= 0.3 is 7.60 Å². The van der Waals surface area contributed by atoms with Gasteiger partial charge in [0.25, 0.3) is 5.91 Å². The van der Waals surface area contributed by atoms with E-state index in [0.29, 0.717) is 12.7 Å². The molecular weight excluding hydrogens is 377 g/mol. The number of ketones is 1. The highest BCUT2D eigenvalue weighted by atomic mass is 31.2. The monoisotopic (exact) mass is 417 g/mol. The third-order valence-corrected chi connectivity index (χ3v) is 6.66. The highest BCUT2D eigenvalue weighted by Gasteiger charge is 2.19. The van der Waals surface area contributed by atoms with Crippen molar-refractivity contribution in [3.05, 3.63) is 12.2 Å². The summed E-state index contributed by atoms with van der Waals surface area (Å²) in [4.78, 5) is 22.4. The van der Waals surface area contributed by atoms with Crippen molar-refractivity contribution in [2.45, 2.75) is 84.0 Å². The highest BCUT2D eigenvalue weighted by Crippen LogP contribution is 2.47. The first-order valence-corrected chi connectivity index (χ1v) is 12.4. The summed E-state index contributed by atoms with van der Waals surface area (Å²) in [6.45, 7) is 2.27. The molecule has 0 saturated carbocycles. The normalized spacial score (nSPS) is 11.8. The van der Waals surface area contributed by atoms with E-state index in [9.17, 15) is 14.2 Å². The summed E-state index contributed by atoms with van der Waals surface area (Å²) in [6.07, 6.45) is 17.4. The van der Waals surface area contributed by atoms with Crippen LogP contribution < -0.4 is 5.32 Å². The number of allylic oxidation sites excluding steroid dienone is 2. The van der Waals surface area contributed by atoms with E-state index in [-0.39, 0.29) is 12.2 Å². The molecule has 0 atom stereocenters. The number of rotatable bonds is 19. The Kier molecular flexibility index (Phi) is 17.5. The molecule has 0 aliphatic carbocycles. The number of hydrogen-bond donors (Lipinski definition) is 1. The largest absolute Gasteiger partial charge is 0.350 e. The predicted molar refractivity (Wildman–Crippen MR) is 115 cm³/mol. The van der Waals surface area contributed by atoms with Crippen LogP contribution in [0.4, 0.5) is 0 Å². The summed E-state index contributed by atoms with van der Waals surface area (Å²) in [7, 11) is 0.0637. The fraction of sp³-hybridized carbons (Fsp3) is 0.810. The fourth-order valence-electron chi connectivity index (χ4n) is 2.79. The Morgan fingerprint density at radius 2 is 1.32 bits per heavy atom. The summed E-state index contributed by atoms with van der Waals surface area (Å²) >= 11 is 0. The lowest BCUT2D eigenvalue weighted by molar-refractivity contribution is -0.137. The molecule has 0 aliphatic rings. The molecule has 7 heteroatoms. The molecule has 164 valence electrons. The Morgan fingerprint density at radius 1 is 0.821 bits per heavy atom. The molecule has 0 aliphatic heterocycles. The van der Waals surface area contributed by atoms with Crippen molar-refractivity contribution in [3.63, 3.8) is 0 Å². The number of Topliss-reactive ketones (excluding diaryl/α,β-unsaturated/α-hetero) is 1. The molecule has 0 aromatic carbocycles. The number of unbranched alkanes of at least 4 members (excludes halogenated alkanes) is 9. The van der Waals surface area contributed by atoms with Crippen LogP contribution in [0.3, 0.4) is 0 Å². The Morgan fingerprint density at radius 3 is 1.86 bits per heavy atom. The van der Waals surface area contributed by atoms with Crippen LogP contribution in [0.2, 0.25) is 0 Å². The van der Waals surface area contributed by atoms with Crippen molar-refractivity contribution in [1.82, 2.24) is 5.32 Å². The zero-order chi connectivity index (χ0) is 21.1. The summed E-state index contributed by atoms with van der Waals surface area (Å²) in [5, 5.41) is 2.65. The fourth-order valence-corrected chi connectivity index (χ4v) is 3.92. The van der Waals surface area contributed by atoms with Crippen LogP contribution in [0.1, 0.15) is 84.0 Å². The van der Waals surface area contributed by atoms with E-state index in [0.717, 1.165) is 38.5 Å². The smallest absolute Gasteiger partial charge is 0.330 e. The number of carbonyl (C=O) groups excluding carboxylic acids is 2. The van der Waals surface area contributed by atoms with Crippen LogP contribution >= 0.6 is 7.60 Å². The maximum absolute atomic E-state index is 11.9. The van der Waals surface area contributed by atoms with Crippen molar-refractivity contribution in [2.24, 2.45) is 0 Å². The van der Waals surface area contributed by atoms with Crippen LogP contribution in [0.5, 0.6) is 0 Å². The molecule has 0 heterocycles. The quantitative estimate of drug-likeness (QED) is 0.131.